The lowest BCUT2D eigenvalue weighted by Crippen LogP contribution is -2.38. The van der Waals surface area contributed by atoms with Crippen molar-refractivity contribution in [2.75, 3.05) is 37.3 Å². The Labute approximate surface area is 212 Å². The van der Waals surface area contributed by atoms with Gasteiger partial charge in [-0.1, -0.05) is 0 Å². The molecule has 0 aliphatic carbocycles. The first-order valence-corrected chi connectivity index (χ1v) is 12.6. The summed E-state index contributed by atoms with van der Waals surface area (Å²) in [5.41, 5.74) is 3.10. The highest BCUT2D eigenvalue weighted by molar-refractivity contribution is 7.21. The van der Waals surface area contributed by atoms with E-state index in [0.29, 0.717) is 35.1 Å². The Hall–Kier alpha value is -3.77. The number of nitrogens with zero attached hydrogens (tertiary/aromatic N) is 6. The number of anilines is 2. The number of hydrogen-bond donors (Lipinski definition) is 3. The molecule has 188 valence electrons. The van der Waals surface area contributed by atoms with E-state index in [9.17, 15) is 9.59 Å². The maximum absolute atomic E-state index is 13.1. The molecule has 1 aliphatic heterocycles. The van der Waals surface area contributed by atoms with E-state index in [2.05, 4.69) is 43.1 Å². The van der Waals surface area contributed by atoms with E-state index in [-0.39, 0.29) is 11.9 Å². The zero-order valence-corrected chi connectivity index (χ0v) is 21.3. The van der Waals surface area contributed by atoms with Crippen molar-refractivity contribution in [1.82, 2.24) is 34.6 Å². The van der Waals surface area contributed by atoms with Crippen molar-refractivity contribution in [2.24, 2.45) is 13.0 Å². The van der Waals surface area contributed by atoms with E-state index in [0.717, 1.165) is 41.2 Å². The Bertz CT molecular complexity index is 1400. The fourth-order valence-corrected chi connectivity index (χ4v) is 5.25. The predicted molar refractivity (Wildman–Crippen MR) is 139 cm³/mol. The Morgan fingerprint density at radius 3 is 2.64 bits per heavy atom. The van der Waals surface area contributed by atoms with Gasteiger partial charge in [-0.2, -0.15) is 10.2 Å². The smallest absolute Gasteiger partial charge is 0.319 e. The molecule has 0 bridgehead atoms. The second-order valence-corrected chi connectivity index (χ2v) is 10.2. The number of fused-ring (bicyclic) bond motifs is 1. The average molecular weight is 508 g/mol. The minimum atomic E-state index is -0.293. The first-order chi connectivity index (χ1) is 17.4. The summed E-state index contributed by atoms with van der Waals surface area (Å²) in [7, 11) is 3.98. The standard InChI is InChI=1S/C24H29N9O2S/c1-15-20(8-18(11-25-15)29-24(35)26-9-16-4-6-31(2)7-5-16)30-22(34)19-12-28-33-14-21(36-23(19)33)17-10-27-32(3)13-17/h8,10-14,16H,4-7,9H2,1-3H3,(H,30,34)(H2,26,29,35). The SMILES string of the molecule is Cc1ncc(NC(=O)NCC2CCN(C)CC2)cc1NC(=O)c1cnn2cc(-c3cnn(C)c3)sc12. The normalized spacial score (nSPS) is 14.8. The highest BCUT2D eigenvalue weighted by Gasteiger charge is 2.19. The van der Waals surface area contributed by atoms with Gasteiger partial charge in [0.25, 0.3) is 5.91 Å². The molecule has 0 aromatic carbocycles. The highest BCUT2D eigenvalue weighted by atomic mass is 32.1. The number of aryl methyl sites for hydroxylation is 2. The molecule has 0 unspecified atom stereocenters. The van der Waals surface area contributed by atoms with Gasteiger partial charge in [-0.05, 0) is 51.9 Å². The largest absolute Gasteiger partial charge is 0.338 e. The van der Waals surface area contributed by atoms with Crippen LogP contribution < -0.4 is 16.0 Å². The van der Waals surface area contributed by atoms with Crippen LogP contribution in [0.5, 0.6) is 0 Å². The number of thiazole rings is 1. The first kappa shape index (κ1) is 23.9. The lowest BCUT2D eigenvalue weighted by atomic mass is 9.97. The second-order valence-electron chi connectivity index (χ2n) is 9.20. The quantitative estimate of drug-likeness (QED) is 0.368. The molecule has 0 saturated carbocycles. The van der Waals surface area contributed by atoms with Crippen molar-refractivity contribution in [2.45, 2.75) is 19.8 Å². The van der Waals surface area contributed by atoms with Gasteiger partial charge in [0.15, 0.2) is 0 Å². The molecule has 4 aromatic heterocycles. The summed E-state index contributed by atoms with van der Waals surface area (Å²) in [5.74, 6) is 0.195. The fourth-order valence-electron chi connectivity index (χ4n) is 4.22. The molecule has 1 saturated heterocycles. The Kier molecular flexibility index (Phi) is 6.70. The Morgan fingerprint density at radius 1 is 1.08 bits per heavy atom. The maximum Gasteiger partial charge on any atom is 0.319 e. The van der Waals surface area contributed by atoms with E-state index < -0.39 is 0 Å². The number of pyridine rings is 1. The lowest BCUT2D eigenvalue weighted by molar-refractivity contribution is 0.102. The average Bonchev–Trinajstić information content (AvgIpc) is 3.56. The van der Waals surface area contributed by atoms with Crippen molar-refractivity contribution in [1.29, 1.82) is 0 Å². The summed E-state index contributed by atoms with van der Waals surface area (Å²) in [6.45, 7) is 4.55. The number of nitrogens with one attached hydrogen (secondary N) is 3. The van der Waals surface area contributed by atoms with Crippen LogP contribution in [0.15, 0.2) is 37.1 Å². The predicted octanol–water partition coefficient (Wildman–Crippen LogP) is 3.22. The van der Waals surface area contributed by atoms with Gasteiger partial charge < -0.3 is 20.9 Å². The summed E-state index contributed by atoms with van der Waals surface area (Å²) in [4.78, 5) is 33.9. The van der Waals surface area contributed by atoms with Crippen LogP contribution in [0.4, 0.5) is 16.2 Å². The third-order valence-electron chi connectivity index (χ3n) is 6.41. The molecule has 11 nitrogen and oxygen atoms in total. The third kappa shape index (κ3) is 5.24. The topological polar surface area (TPSA) is 121 Å². The van der Waals surface area contributed by atoms with Crippen molar-refractivity contribution >= 4 is 39.5 Å². The van der Waals surface area contributed by atoms with Crippen LogP contribution in [0.3, 0.4) is 0 Å². The summed E-state index contributed by atoms with van der Waals surface area (Å²) in [6, 6.07) is 1.43. The van der Waals surface area contributed by atoms with Crippen LogP contribution in [0, 0.1) is 12.8 Å². The first-order valence-electron chi connectivity index (χ1n) is 11.8. The molecule has 0 atom stereocenters. The minimum Gasteiger partial charge on any atom is -0.338 e. The maximum atomic E-state index is 13.1. The summed E-state index contributed by atoms with van der Waals surface area (Å²) < 4.78 is 3.43. The number of amides is 3. The van der Waals surface area contributed by atoms with Crippen LogP contribution in [0.2, 0.25) is 0 Å². The van der Waals surface area contributed by atoms with Gasteiger partial charge in [0.1, 0.15) is 4.83 Å². The molecular weight excluding hydrogens is 478 g/mol. The molecule has 4 aromatic rings. The van der Waals surface area contributed by atoms with E-state index in [1.54, 1.807) is 40.8 Å². The van der Waals surface area contributed by atoms with Gasteiger partial charge in [0, 0.05) is 31.5 Å². The number of carbonyl (C=O) groups excluding carboxylic acids is 2. The highest BCUT2D eigenvalue weighted by Crippen LogP contribution is 2.30. The van der Waals surface area contributed by atoms with Gasteiger partial charge in [0.05, 0.1) is 46.1 Å². The number of urea groups is 1. The van der Waals surface area contributed by atoms with Gasteiger partial charge in [0.2, 0.25) is 0 Å². The number of rotatable bonds is 6. The van der Waals surface area contributed by atoms with Gasteiger partial charge in [-0.15, -0.1) is 11.3 Å². The molecule has 0 spiro atoms. The van der Waals surface area contributed by atoms with Crippen LogP contribution in [0.25, 0.3) is 15.3 Å². The molecule has 36 heavy (non-hydrogen) atoms. The number of aromatic nitrogens is 5. The van der Waals surface area contributed by atoms with Crippen molar-refractivity contribution < 1.29 is 9.59 Å². The molecule has 0 radical (unpaired) electrons. The summed E-state index contributed by atoms with van der Waals surface area (Å²) in [6.07, 6.45) is 10.9. The van der Waals surface area contributed by atoms with Crippen LogP contribution in [0.1, 0.15) is 28.9 Å². The van der Waals surface area contributed by atoms with Gasteiger partial charge >= 0.3 is 6.03 Å². The summed E-state index contributed by atoms with van der Waals surface area (Å²) in [5, 5.41) is 17.2. The second kappa shape index (κ2) is 10.1. The van der Waals surface area contributed by atoms with Crippen molar-refractivity contribution in [3.05, 3.63) is 48.3 Å². The third-order valence-corrected chi connectivity index (χ3v) is 7.57. The molecule has 12 heteroatoms. The zero-order valence-electron chi connectivity index (χ0n) is 20.5. The number of piperidine rings is 1. The van der Waals surface area contributed by atoms with E-state index in [1.807, 2.05) is 19.4 Å². The molecule has 3 N–H and O–H groups in total. The van der Waals surface area contributed by atoms with E-state index in [1.165, 1.54) is 11.3 Å². The van der Waals surface area contributed by atoms with Crippen molar-refractivity contribution in [3.8, 4) is 10.4 Å². The van der Waals surface area contributed by atoms with E-state index in [4.69, 9.17) is 0 Å². The molecule has 5 heterocycles. The van der Waals surface area contributed by atoms with Gasteiger partial charge in [-0.3, -0.25) is 14.5 Å². The molecule has 1 aliphatic rings. The summed E-state index contributed by atoms with van der Waals surface area (Å²) >= 11 is 1.47. The number of carbonyl (C=O) groups is 2. The van der Waals surface area contributed by atoms with Crippen LogP contribution >= 0.6 is 11.3 Å². The van der Waals surface area contributed by atoms with Crippen LogP contribution in [-0.4, -0.2) is 67.9 Å². The van der Waals surface area contributed by atoms with Crippen molar-refractivity contribution in [3.63, 3.8) is 0 Å². The molecule has 5 rings (SSSR count). The molecule has 1 fully saturated rings. The molecular formula is C24H29N9O2S. The minimum absolute atomic E-state index is 0.281. The Morgan fingerprint density at radius 2 is 1.89 bits per heavy atom. The number of likely N-dealkylation sites (tertiary alicyclic amines) is 1. The van der Waals surface area contributed by atoms with E-state index >= 15 is 0 Å². The van der Waals surface area contributed by atoms with Gasteiger partial charge in [-0.25, -0.2) is 9.31 Å². The van der Waals surface area contributed by atoms with Crippen LogP contribution in [-0.2, 0) is 7.05 Å². The Balaban J connectivity index is 1.24. The number of hydrogen-bond acceptors (Lipinski definition) is 7. The fraction of sp³-hybridized carbons (Fsp3) is 0.375. The lowest BCUT2D eigenvalue weighted by Gasteiger charge is -2.28. The molecule has 3 amide bonds. The zero-order chi connectivity index (χ0) is 25.2. The monoisotopic (exact) mass is 507 g/mol.